The van der Waals surface area contributed by atoms with E-state index < -0.39 is 0 Å². The van der Waals surface area contributed by atoms with Crippen molar-refractivity contribution in [1.29, 1.82) is 0 Å². The topological polar surface area (TPSA) is 77.8 Å². The zero-order valence-electron chi connectivity index (χ0n) is 9.62. The third-order valence-corrected chi connectivity index (χ3v) is 3.06. The first kappa shape index (κ1) is 13.0. The Kier molecular flexibility index (Phi) is 5.32. The minimum absolute atomic E-state index is 0.197. The van der Waals surface area contributed by atoms with Gasteiger partial charge in [-0.15, -0.1) is 0 Å². The van der Waals surface area contributed by atoms with Crippen molar-refractivity contribution in [3.05, 3.63) is 11.5 Å². The van der Waals surface area contributed by atoms with Gasteiger partial charge in [0.05, 0.1) is 0 Å². The average Bonchev–Trinajstić information content (AvgIpc) is 2.28. The van der Waals surface area contributed by atoms with Crippen molar-refractivity contribution >= 4 is 23.1 Å². The second-order valence-electron chi connectivity index (χ2n) is 4.21. The van der Waals surface area contributed by atoms with Gasteiger partial charge in [-0.3, -0.25) is 0 Å². The van der Waals surface area contributed by atoms with Crippen molar-refractivity contribution < 1.29 is 0 Å². The lowest BCUT2D eigenvalue weighted by molar-refractivity contribution is 0.385. The van der Waals surface area contributed by atoms with Crippen LogP contribution in [0, 0.1) is 5.92 Å². The van der Waals surface area contributed by atoms with Gasteiger partial charge in [-0.05, 0) is 5.92 Å². The Bertz CT molecular complexity index is 304. The van der Waals surface area contributed by atoms with Crippen LogP contribution in [0.15, 0.2) is 6.33 Å². The summed E-state index contributed by atoms with van der Waals surface area (Å²) in [5, 5.41) is 0.197. The number of halogens is 1. The molecule has 0 bridgehead atoms. The van der Waals surface area contributed by atoms with E-state index in [1.807, 2.05) is 0 Å². The Morgan fingerprint density at radius 3 is 2.19 bits per heavy atom. The molecule has 0 amide bonds. The van der Waals surface area contributed by atoms with Gasteiger partial charge >= 0.3 is 0 Å². The quantitative estimate of drug-likeness (QED) is 0.686. The third-order valence-electron chi connectivity index (χ3n) is 2.76. The predicted molar refractivity (Wildman–Crippen MR) is 68.1 cm³/mol. The maximum absolute atomic E-state index is 5.46. The molecule has 1 heterocycles. The number of hydrogen-bond donors (Lipinski definition) is 2. The van der Waals surface area contributed by atoms with Crippen molar-refractivity contribution in [2.75, 3.05) is 11.5 Å². The normalized spacial score (nSPS) is 16.4. The summed E-state index contributed by atoms with van der Waals surface area (Å²) in [6.45, 7) is 2.36. The van der Waals surface area contributed by atoms with E-state index in [0.29, 0.717) is 0 Å². The molecule has 1 aromatic rings. The molecular formula is C11H19ClN4. The summed E-state index contributed by atoms with van der Waals surface area (Å²) in [6, 6.07) is 0. The average molecular weight is 243 g/mol. The van der Waals surface area contributed by atoms with Gasteiger partial charge in [-0.2, -0.15) is 0 Å². The van der Waals surface area contributed by atoms with Gasteiger partial charge in [-0.25, -0.2) is 9.97 Å². The Hall–Kier alpha value is -1.03. The zero-order valence-corrected chi connectivity index (χ0v) is 10.4. The molecule has 0 unspecified atom stereocenters. The number of rotatable bonds is 0. The lowest BCUT2D eigenvalue weighted by Gasteiger charge is -2.15. The Morgan fingerprint density at radius 2 is 1.81 bits per heavy atom. The summed E-state index contributed by atoms with van der Waals surface area (Å²) in [5.41, 5.74) is 10.8. The number of anilines is 2. The highest BCUT2D eigenvalue weighted by molar-refractivity contribution is 6.32. The molecule has 0 spiro atoms. The minimum atomic E-state index is 0.197. The highest BCUT2D eigenvalue weighted by atomic mass is 35.5. The second kappa shape index (κ2) is 6.53. The van der Waals surface area contributed by atoms with Crippen LogP contribution in [0.1, 0.15) is 39.0 Å². The molecule has 5 heteroatoms. The van der Waals surface area contributed by atoms with E-state index in [9.17, 15) is 0 Å². The first-order valence-corrected chi connectivity index (χ1v) is 6.00. The molecular weight excluding hydrogens is 224 g/mol. The standard InChI is InChI=1S/C7H14.C4H5ClN4/c1-7-5-3-2-4-6-7;5-3-2(6)4(7)9-1-8-3/h7H,2-6H2,1H3;1H,6H2,(H2,7,8,9). The summed E-state index contributed by atoms with van der Waals surface area (Å²) in [6.07, 6.45) is 8.70. The minimum Gasteiger partial charge on any atom is -0.393 e. The lowest BCUT2D eigenvalue weighted by atomic mass is 9.91. The zero-order chi connectivity index (χ0) is 12.0. The molecule has 1 fully saturated rings. The molecule has 1 aliphatic rings. The monoisotopic (exact) mass is 242 g/mol. The van der Waals surface area contributed by atoms with Crippen LogP contribution in [0.25, 0.3) is 0 Å². The molecule has 4 N–H and O–H groups in total. The van der Waals surface area contributed by atoms with Crippen molar-refractivity contribution in [3.8, 4) is 0 Å². The maximum Gasteiger partial charge on any atom is 0.157 e. The predicted octanol–water partition coefficient (Wildman–Crippen LogP) is 2.88. The van der Waals surface area contributed by atoms with Crippen molar-refractivity contribution in [2.24, 2.45) is 5.92 Å². The largest absolute Gasteiger partial charge is 0.393 e. The number of hydrogen-bond acceptors (Lipinski definition) is 4. The van der Waals surface area contributed by atoms with E-state index in [0.717, 1.165) is 5.92 Å². The Morgan fingerprint density at radius 1 is 1.19 bits per heavy atom. The Balaban J connectivity index is 0.000000165. The van der Waals surface area contributed by atoms with E-state index >= 15 is 0 Å². The molecule has 1 aromatic heterocycles. The van der Waals surface area contributed by atoms with E-state index in [1.165, 1.54) is 38.4 Å². The number of nitrogens with two attached hydrogens (primary N) is 2. The van der Waals surface area contributed by atoms with Crippen LogP contribution in [0.3, 0.4) is 0 Å². The summed E-state index contributed by atoms with van der Waals surface area (Å²) >= 11 is 5.46. The molecule has 0 atom stereocenters. The summed E-state index contributed by atoms with van der Waals surface area (Å²) in [5.74, 6) is 1.25. The van der Waals surface area contributed by atoms with Crippen LogP contribution in [-0.2, 0) is 0 Å². The SMILES string of the molecule is CC1CCCCC1.Nc1ncnc(Cl)c1N. The summed E-state index contributed by atoms with van der Waals surface area (Å²) in [7, 11) is 0. The summed E-state index contributed by atoms with van der Waals surface area (Å²) in [4.78, 5) is 7.19. The van der Waals surface area contributed by atoms with Gasteiger partial charge in [-0.1, -0.05) is 50.6 Å². The maximum atomic E-state index is 5.46. The molecule has 0 aliphatic heterocycles. The number of nitrogen functional groups attached to an aromatic ring is 2. The molecule has 0 aromatic carbocycles. The highest BCUT2D eigenvalue weighted by Crippen LogP contribution is 2.22. The second-order valence-corrected chi connectivity index (χ2v) is 4.56. The first-order chi connectivity index (χ1) is 7.61. The third kappa shape index (κ3) is 4.23. The van der Waals surface area contributed by atoms with E-state index in [1.54, 1.807) is 0 Å². The molecule has 0 saturated heterocycles. The molecule has 16 heavy (non-hydrogen) atoms. The molecule has 90 valence electrons. The fourth-order valence-corrected chi connectivity index (χ4v) is 1.83. The Labute approximate surface area is 101 Å². The molecule has 1 aliphatic carbocycles. The lowest BCUT2D eigenvalue weighted by Crippen LogP contribution is -1.99. The van der Waals surface area contributed by atoms with Crippen LogP contribution in [0.2, 0.25) is 5.15 Å². The van der Waals surface area contributed by atoms with Gasteiger partial charge in [0.2, 0.25) is 0 Å². The van der Waals surface area contributed by atoms with E-state index in [4.69, 9.17) is 23.1 Å². The fourth-order valence-electron chi connectivity index (χ4n) is 1.69. The van der Waals surface area contributed by atoms with Crippen molar-refractivity contribution in [1.82, 2.24) is 9.97 Å². The van der Waals surface area contributed by atoms with Crippen LogP contribution < -0.4 is 11.5 Å². The van der Waals surface area contributed by atoms with E-state index in [-0.39, 0.29) is 16.7 Å². The van der Waals surface area contributed by atoms with Crippen molar-refractivity contribution in [2.45, 2.75) is 39.0 Å². The van der Waals surface area contributed by atoms with Gasteiger partial charge < -0.3 is 11.5 Å². The number of nitrogens with zero attached hydrogens (tertiary/aromatic N) is 2. The molecule has 1 saturated carbocycles. The van der Waals surface area contributed by atoms with Gasteiger partial charge in [0.25, 0.3) is 0 Å². The van der Waals surface area contributed by atoms with Gasteiger partial charge in [0.1, 0.15) is 12.0 Å². The number of aromatic nitrogens is 2. The van der Waals surface area contributed by atoms with Crippen molar-refractivity contribution in [3.63, 3.8) is 0 Å². The summed E-state index contributed by atoms with van der Waals surface area (Å²) < 4.78 is 0. The van der Waals surface area contributed by atoms with Crippen LogP contribution in [0.5, 0.6) is 0 Å². The molecule has 0 radical (unpaired) electrons. The first-order valence-electron chi connectivity index (χ1n) is 5.62. The molecule has 2 rings (SSSR count). The van der Waals surface area contributed by atoms with Crippen LogP contribution in [-0.4, -0.2) is 9.97 Å². The fraction of sp³-hybridized carbons (Fsp3) is 0.636. The van der Waals surface area contributed by atoms with Crippen LogP contribution in [0.4, 0.5) is 11.5 Å². The van der Waals surface area contributed by atoms with E-state index in [2.05, 4.69) is 16.9 Å². The molecule has 4 nitrogen and oxygen atoms in total. The van der Waals surface area contributed by atoms with Crippen LogP contribution >= 0.6 is 11.6 Å². The highest BCUT2D eigenvalue weighted by Gasteiger charge is 2.05. The van der Waals surface area contributed by atoms with Gasteiger partial charge in [0, 0.05) is 0 Å². The van der Waals surface area contributed by atoms with Gasteiger partial charge in [0.15, 0.2) is 11.0 Å². The smallest absolute Gasteiger partial charge is 0.157 e.